The van der Waals surface area contributed by atoms with Crippen LogP contribution < -0.4 is 15.4 Å². The van der Waals surface area contributed by atoms with Gasteiger partial charge in [0, 0.05) is 18.8 Å². The fourth-order valence-electron chi connectivity index (χ4n) is 3.36. The van der Waals surface area contributed by atoms with E-state index < -0.39 is 11.7 Å². The summed E-state index contributed by atoms with van der Waals surface area (Å²) in [6, 6.07) is 2.41. The number of aromatic nitrogens is 1. The molecule has 2 heterocycles. The lowest BCUT2D eigenvalue weighted by Gasteiger charge is -2.19. The molecule has 1 fully saturated rings. The lowest BCUT2D eigenvalue weighted by Crippen LogP contribution is -2.34. The first kappa shape index (κ1) is 26.8. The van der Waals surface area contributed by atoms with Gasteiger partial charge < -0.3 is 29.6 Å². The summed E-state index contributed by atoms with van der Waals surface area (Å²) in [6.07, 6.45) is 5.42. The van der Waals surface area contributed by atoms with Gasteiger partial charge in [-0.05, 0) is 58.8 Å². The van der Waals surface area contributed by atoms with Gasteiger partial charge in [-0.15, -0.1) is 0 Å². The first-order valence-electron chi connectivity index (χ1n) is 11.4. The second-order valence-corrected chi connectivity index (χ2v) is 8.88. The smallest absolute Gasteiger partial charge is 0.407 e. The monoisotopic (exact) mass is 466 g/mol. The van der Waals surface area contributed by atoms with Crippen molar-refractivity contribution in [3.8, 4) is 5.75 Å². The molecule has 0 aliphatic carbocycles. The summed E-state index contributed by atoms with van der Waals surface area (Å²) in [5.41, 5.74) is 0.632. The predicted molar refractivity (Wildman–Crippen MR) is 123 cm³/mol. The van der Waals surface area contributed by atoms with Crippen LogP contribution in [0.4, 0.5) is 4.79 Å². The van der Waals surface area contributed by atoms with Crippen LogP contribution in [0.15, 0.2) is 18.5 Å². The summed E-state index contributed by atoms with van der Waals surface area (Å²) in [5.74, 6) is 0.487. The summed E-state index contributed by atoms with van der Waals surface area (Å²) < 4.78 is 21.5. The van der Waals surface area contributed by atoms with Crippen LogP contribution in [0.25, 0.3) is 0 Å². The molecule has 1 aliphatic heterocycles. The Morgan fingerprint density at radius 1 is 1.09 bits per heavy atom. The molecule has 1 aromatic heterocycles. The number of nitrogens with zero attached hydrogens (tertiary/aromatic N) is 2. The zero-order chi connectivity index (χ0) is 24.1. The molecule has 10 heteroatoms. The number of carbonyl (C=O) groups excluding carboxylic acids is 2. The van der Waals surface area contributed by atoms with Crippen LogP contribution >= 0.6 is 0 Å². The number of hydrogen-bond acceptors (Lipinski definition) is 8. The minimum Gasteiger partial charge on any atom is -0.490 e. The Labute approximate surface area is 196 Å². The Morgan fingerprint density at radius 3 is 2.58 bits per heavy atom. The molecular formula is C23H38N4O6. The summed E-state index contributed by atoms with van der Waals surface area (Å²) in [5, 5.41) is 5.35. The van der Waals surface area contributed by atoms with Crippen LogP contribution in [0.1, 0.15) is 45.2 Å². The lowest BCUT2D eigenvalue weighted by molar-refractivity contribution is -0.126. The Balaban J connectivity index is 1.46. The molecule has 1 aliphatic rings. The van der Waals surface area contributed by atoms with Crippen molar-refractivity contribution < 1.29 is 28.5 Å². The van der Waals surface area contributed by atoms with Gasteiger partial charge in [-0.25, -0.2) is 4.79 Å². The van der Waals surface area contributed by atoms with Gasteiger partial charge >= 0.3 is 6.09 Å². The van der Waals surface area contributed by atoms with E-state index in [1.54, 1.807) is 27.0 Å². The number of likely N-dealkylation sites (tertiary alicyclic amines) is 1. The van der Waals surface area contributed by atoms with Crippen LogP contribution in [0.5, 0.6) is 5.75 Å². The van der Waals surface area contributed by atoms with Gasteiger partial charge in [0.05, 0.1) is 32.6 Å². The number of ether oxygens (including phenoxy) is 4. The van der Waals surface area contributed by atoms with E-state index in [9.17, 15) is 9.59 Å². The van der Waals surface area contributed by atoms with Crippen molar-refractivity contribution in [3.05, 3.63) is 24.0 Å². The average Bonchev–Trinajstić information content (AvgIpc) is 3.18. The van der Waals surface area contributed by atoms with Crippen LogP contribution in [0, 0.1) is 0 Å². The molecule has 0 spiro atoms. The fourth-order valence-corrected chi connectivity index (χ4v) is 3.36. The molecule has 2 N–H and O–H groups in total. The topological polar surface area (TPSA) is 111 Å². The molecule has 1 aromatic rings. The van der Waals surface area contributed by atoms with E-state index in [1.807, 2.05) is 12.3 Å². The maximum atomic E-state index is 11.8. The Hall–Kier alpha value is -2.43. The summed E-state index contributed by atoms with van der Waals surface area (Å²) in [6.45, 7) is 8.46. The summed E-state index contributed by atoms with van der Waals surface area (Å²) >= 11 is 0. The van der Waals surface area contributed by atoms with Crippen LogP contribution in [0.2, 0.25) is 0 Å². The van der Waals surface area contributed by atoms with Crippen molar-refractivity contribution in [1.29, 1.82) is 0 Å². The van der Waals surface area contributed by atoms with E-state index in [1.165, 1.54) is 6.42 Å². The second-order valence-electron chi connectivity index (χ2n) is 8.88. The van der Waals surface area contributed by atoms with Gasteiger partial charge in [-0.1, -0.05) is 0 Å². The molecule has 2 amide bonds. The first-order chi connectivity index (χ1) is 15.7. The quantitative estimate of drug-likeness (QED) is 0.424. The molecule has 2 rings (SSSR count). The maximum absolute atomic E-state index is 11.8. The van der Waals surface area contributed by atoms with Crippen molar-refractivity contribution in [3.63, 3.8) is 0 Å². The van der Waals surface area contributed by atoms with Gasteiger partial charge in [-0.3, -0.25) is 14.7 Å². The highest BCUT2D eigenvalue weighted by Gasteiger charge is 2.23. The zero-order valence-electron chi connectivity index (χ0n) is 20.2. The standard InChI is InChI=1S/C23H38N4O6/c1-23(2,3)33-22(29)26-7-10-30-12-13-31-17-21(28)25-8-11-32-19-14-18(15-24-16-19)20-6-5-9-27(20)4/h14-16,20H,5-13,17H2,1-4H3,(H,25,28)(H,26,29). The highest BCUT2D eigenvalue weighted by molar-refractivity contribution is 5.77. The number of nitrogens with one attached hydrogen (secondary N) is 2. The number of rotatable bonds is 13. The number of pyridine rings is 1. The Bertz CT molecular complexity index is 740. The number of alkyl carbamates (subject to hydrolysis) is 1. The van der Waals surface area contributed by atoms with E-state index in [-0.39, 0.29) is 19.1 Å². The van der Waals surface area contributed by atoms with Gasteiger partial charge in [0.15, 0.2) is 0 Å². The third-order valence-corrected chi connectivity index (χ3v) is 4.85. The zero-order valence-corrected chi connectivity index (χ0v) is 20.2. The minimum atomic E-state index is -0.528. The predicted octanol–water partition coefficient (Wildman–Crippen LogP) is 1.90. The number of hydrogen-bond donors (Lipinski definition) is 2. The molecule has 1 unspecified atom stereocenters. The van der Waals surface area contributed by atoms with Gasteiger partial charge in [0.25, 0.3) is 0 Å². The van der Waals surface area contributed by atoms with Crippen molar-refractivity contribution in [1.82, 2.24) is 20.5 Å². The van der Waals surface area contributed by atoms with E-state index in [0.29, 0.717) is 44.7 Å². The molecule has 10 nitrogen and oxygen atoms in total. The van der Waals surface area contributed by atoms with E-state index >= 15 is 0 Å². The summed E-state index contributed by atoms with van der Waals surface area (Å²) in [7, 11) is 2.12. The van der Waals surface area contributed by atoms with E-state index in [4.69, 9.17) is 18.9 Å². The largest absolute Gasteiger partial charge is 0.490 e. The molecule has 1 atom stereocenters. The Kier molecular flexibility index (Phi) is 11.4. The van der Waals surface area contributed by atoms with Gasteiger partial charge in [0.2, 0.25) is 5.91 Å². The van der Waals surface area contributed by atoms with Crippen molar-refractivity contribution in [2.24, 2.45) is 0 Å². The third kappa shape index (κ3) is 11.3. The fraction of sp³-hybridized carbons (Fsp3) is 0.696. The van der Waals surface area contributed by atoms with Crippen molar-refractivity contribution >= 4 is 12.0 Å². The summed E-state index contributed by atoms with van der Waals surface area (Å²) in [4.78, 5) is 29.9. The number of amides is 2. The van der Waals surface area contributed by atoms with Crippen molar-refractivity contribution in [2.45, 2.75) is 45.3 Å². The van der Waals surface area contributed by atoms with Crippen molar-refractivity contribution in [2.75, 3.05) is 59.7 Å². The molecule has 186 valence electrons. The average molecular weight is 467 g/mol. The molecule has 1 saturated heterocycles. The van der Waals surface area contributed by atoms with E-state index in [0.717, 1.165) is 18.5 Å². The Morgan fingerprint density at radius 2 is 1.85 bits per heavy atom. The minimum absolute atomic E-state index is 0.0510. The number of carbonyl (C=O) groups is 2. The van der Waals surface area contributed by atoms with E-state index in [2.05, 4.69) is 27.6 Å². The first-order valence-corrected chi connectivity index (χ1v) is 11.4. The molecule has 0 saturated carbocycles. The van der Waals surface area contributed by atoms with Crippen LogP contribution in [0.3, 0.4) is 0 Å². The molecule has 0 bridgehead atoms. The van der Waals surface area contributed by atoms with Gasteiger partial charge in [-0.2, -0.15) is 0 Å². The molecule has 0 radical (unpaired) electrons. The van der Waals surface area contributed by atoms with Gasteiger partial charge in [0.1, 0.15) is 24.6 Å². The SMILES string of the molecule is CN1CCCC1c1cncc(OCCNC(=O)COCCOCCNC(=O)OC(C)(C)C)c1. The highest BCUT2D eigenvalue weighted by atomic mass is 16.6. The molecule has 0 aromatic carbocycles. The maximum Gasteiger partial charge on any atom is 0.407 e. The molecular weight excluding hydrogens is 428 g/mol. The lowest BCUT2D eigenvalue weighted by atomic mass is 10.1. The normalized spacial score (nSPS) is 16.4. The highest BCUT2D eigenvalue weighted by Crippen LogP contribution is 2.31. The van der Waals surface area contributed by atoms with Crippen LogP contribution in [-0.2, 0) is 19.0 Å². The van der Waals surface area contributed by atoms with Crippen LogP contribution in [-0.4, -0.2) is 87.2 Å². The third-order valence-electron chi connectivity index (χ3n) is 4.85. The molecule has 33 heavy (non-hydrogen) atoms. The second kappa shape index (κ2) is 14.0.